The zero-order valence-corrected chi connectivity index (χ0v) is 16.6. The highest BCUT2D eigenvalue weighted by molar-refractivity contribution is 5.77. The van der Waals surface area contributed by atoms with Crippen molar-refractivity contribution in [2.24, 2.45) is 23.2 Å². The summed E-state index contributed by atoms with van der Waals surface area (Å²) in [4.78, 5) is 12.7. The number of hydrogen-bond acceptors (Lipinski definition) is 2. The Labute approximate surface area is 155 Å². The Hall–Kier alpha value is -0.530. The first-order valence-electron chi connectivity index (χ1n) is 11.4. The SMILES string of the molecule is CCCCCCCCCCCCOC(=O)C12CC3CC(CC(C3)C1)C2. The van der Waals surface area contributed by atoms with Gasteiger partial charge in [-0.3, -0.25) is 4.79 Å². The Bertz CT molecular complexity index is 379. The molecule has 0 N–H and O–H groups in total. The van der Waals surface area contributed by atoms with Gasteiger partial charge in [-0.15, -0.1) is 0 Å². The maximum absolute atomic E-state index is 12.7. The van der Waals surface area contributed by atoms with E-state index >= 15 is 0 Å². The average Bonchev–Trinajstić information content (AvgIpc) is 2.58. The lowest BCUT2D eigenvalue weighted by Gasteiger charge is -2.55. The number of ether oxygens (including phenoxy) is 1. The quantitative estimate of drug-likeness (QED) is 0.291. The topological polar surface area (TPSA) is 26.3 Å². The number of hydrogen-bond donors (Lipinski definition) is 0. The molecule has 0 aromatic heterocycles. The van der Waals surface area contributed by atoms with E-state index < -0.39 is 0 Å². The van der Waals surface area contributed by atoms with Crippen LogP contribution in [0.5, 0.6) is 0 Å². The van der Waals surface area contributed by atoms with Crippen molar-refractivity contribution in [1.29, 1.82) is 0 Å². The van der Waals surface area contributed by atoms with Gasteiger partial charge in [0.05, 0.1) is 12.0 Å². The first kappa shape index (κ1) is 19.2. The maximum atomic E-state index is 12.7. The van der Waals surface area contributed by atoms with Crippen LogP contribution in [0.25, 0.3) is 0 Å². The number of carbonyl (C=O) groups is 1. The molecule has 4 saturated carbocycles. The zero-order valence-electron chi connectivity index (χ0n) is 16.6. The van der Waals surface area contributed by atoms with Crippen LogP contribution in [-0.4, -0.2) is 12.6 Å². The fourth-order valence-corrected chi connectivity index (χ4v) is 6.27. The van der Waals surface area contributed by atoms with Crippen molar-refractivity contribution in [2.75, 3.05) is 6.61 Å². The van der Waals surface area contributed by atoms with E-state index in [2.05, 4.69) is 6.92 Å². The third-order valence-electron chi connectivity index (χ3n) is 7.20. The van der Waals surface area contributed by atoms with Crippen molar-refractivity contribution in [1.82, 2.24) is 0 Å². The first-order valence-corrected chi connectivity index (χ1v) is 11.4. The molecule has 0 heterocycles. The third-order valence-corrected chi connectivity index (χ3v) is 7.20. The van der Waals surface area contributed by atoms with Crippen LogP contribution in [0.2, 0.25) is 0 Å². The van der Waals surface area contributed by atoms with Gasteiger partial charge in [-0.25, -0.2) is 0 Å². The molecule has 0 unspecified atom stereocenters. The molecular formula is C23H40O2. The van der Waals surface area contributed by atoms with E-state index in [4.69, 9.17) is 4.74 Å². The van der Waals surface area contributed by atoms with Crippen LogP contribution in [0.1, 0.15) is 110 Å². The number of unbranched alkanes of at least 4 members (excludes halogenated alkanes) is 9. The Balaban J connectivity index is 1.22. The van der Waals surface area contributed by atoms with Crippen molar-refractivity contribution < 1.29 is 9.53 Å². The predicted molar refractivity (Wildman–Crippen MR) is 103 cm³/mol. The second kappa shape index (κ2) is 9.42. The van der Waals surface area contributed by atoms with Crippen molar-refractivity contribution in [3.8, 4) is 0 Å². The monoisotopic (exact) mass is 348 g/mol. The molecule has 2 heteroatoms. The normalized spacial score (nSPS) is 32.9. The van der Waals surface area contributed by atoms with Crippen molar-refractivity contribution in [3.63, 3.8) is 0 Å². The Morgan fingerprint density at radius 2 is 1.20 bits per heavy atom. The maximum Gasteiger partial charge on any atom is 0.312 e. The third kappa shape index (κ3) is 5.23. The van der Waals surface area contributed by atoms with Crippen LogP contribution in [-0.2, 0) is 9.53 Å². The molecule has 0 aromatic rings. The van der Waals surface area contributed by atoms with Gasteiger partial charge in [0.15, 0.2) is 0 Å². The minimum atomic E-state index is -0.0623. The predicted octanol–water partition coefficient (Wildman–Crippen LogP) is 6.67. The van der Waals surface area contributed by atoms with Crippen molar-refractivity contribution >= 4 is 5.97 Å². The van der Waals surface area contributed by atoms with Crippen LogP contribution < -0.4 is 0 Å². The summed E-state index contributed by atoms with van der Waals surface area (Å²) in [6, 6.07) is 0. The lowest BCUT2D eigenvalue weighted by molar-refractivity contribution is -0.171. The van der Waals surface area contributed by atoms with Gasteiger partial charge in [0.2, 0.25) is 0 Å². The highest BCUT2D eigenvalue weighted by Gasteiger charge is 2.55. The molecule has 0 aromatic carbocycles. The van der Waals surface area contributed by atoms with Gasteiger partial charge in [-0.2, -0.15) is 0 Å². The van der Waals surface area contributed by atoms with E-state index in [1.807, 2.05) is 0 Å². The van der Waals surface area contributed by atoms with Crippen LogP contribution in [0.4, 0.5) is 0 Å². The molecular weight excluding hydrogens is 308 g/mol. The second-order valence-electron chi connectivity index (χ2n) is 9.52. The molecule has 4 aliphatic rings. The second-order valence-corrected chi connectivity index (χ2v) is 9.52. The number of carbonyl (C=O) groups excluding carboxylic acids is 1. The van der Waals surface area contributed by atoms with Crippen molar-refractivity contribution in [3.05, 3.63) is 0 Å². The van der Waals surface area contributed by atoms with Crippen LogP contribution in [0.15, 0.2) is 0 Å². The highest BCUT2D eigenvalue weighted by Crippen LogP contribution is 2.60. The summed E-state index contributed by atoms with van der Waals surface area (Å²) in [5.41, 5.74) is -0.0623. The average molecular weight is 349 g/mol. The minimum Gasteiger partial charge on any atom is -0.465 e. The molecule has 4 rings (SSSR count). The molecule has 25 heavy (non-hydrogen) atoms. The summed E-state index contributed by atoms with van der Waals surface area (Å²) in [6.07, 6.45) is 20.9. The van der Waals surface area contributed by atoms with Crippen LogP contribution in [0.3, 0.4) is 0 Å². The smallest absolute Gasteiger partial charge is 0.312 e. The number of rotatable bonds is 12. The highest BCUT2D eigenvalue weighted by atomic mass is 16.5. The largest absolute Gasteiger partial charge is 0.465 e. The molecule has 0 amide bonds. The van der Waals surface area contributed by atoms with Gasteiger partial charge in [0.25, 0.3) is 0 Å². The summed E-state index contributed by atoms with van der Waals surface area (Å²) < 4.78 is 5.76. The van der Waals surface area contributed by atoms with E-state index in [1.54, 1.807) is 0 Å². The van der Waals surface area contributed by atoms with Crippen LogP contribution >= 0.6 is 0 Å². The fraction of sp³-hybridized carbons (Fsp3) is 0.957. The van der Waals surface area contributed by atoms with Gasteiger partial charge >= 0.3 is 5.97 Å². The molecule has 4 aliphatic carbocycles. The zero-order chi connectivity index (χ0) is 17.5. The lowest BCUT2D eigenvalue weighted by atomic mass is 9.49. The van der Waals surface area contributed by atoms with Crippen molar-refractivity contribution in [2.45, 2.75) is 110 Å². The molecule has 0 aliphatic heterocycles. The lowest BCUT2D eigenvalue weighted by Crippen LogP contribution is -2.50. The Morgan fingerprint density at radius 3 is 1.68 bits per heavy atom. The van der Waals surface area contributed by atoms with E-state index in [1.165, 1.54) is 77.0 Å². The fourth-order valence-electron chi connectivity index (χ4n) is 6.27. The van der Waals surface area contributed by atoms with Gasteiger partial charge < -0.3 is 4.74 Å². The summed E-state index contributed by atoms with van der Waals surface area (Å²) in [6.45, 7) is 2.94. The molecule has 0 spiro atoms. The van der Waals surface area contributed by atoms with Gasteiger partial charge in [-0.1, -0.05) is 64.7 Å². The summed E-state index contributed by atoms with van der Waals surface area (Å²) in [5, 5.41) is 0. The van der Waals surface area contributed by atoms with Gasteiger partial charge in [0, 0.05) is 0 Å². The molecule has 0 radical (unpaired) electrons. The van der Waals surface area contributed by atoms with E-state index in [-0.39, 0.29) is 11.4 Å². The molecule has 144 valence electrons. The van der Waals surface area contributed by atoms with Gasteiger partial charge in [-0.05, 0) is 62.7 Å². The van der Waals surface area contributed by atoms with E-state index in [9.17, 15) is 4.79 Å². The number of esters is 1. The molecule has 4 fully saturated rings. The summed E-state index contributed by atoms with van der Waals surface area (Å²) in [7, 11) is 0. The van der Waals surface area contributed by atoms with E-state index in [0.29, 0.717) is 6.61 Å². The molecule has 0 atom stereocenters. The van der Waals surface area contributed by atoms with Crippen LogP contribution in [0, 0.1) is 23.2 Å². The van der Waals surface area contributed by atoms with Gasteiger partial charge in [0.1, 0.15) is 0 Å². The molecule has 2 nitrogen and oxygen atoms in total. The molecule has 4 bridgehead atoms. The Morgan fingerprint density at radius 1 is 0.760 bits per heavy atom. The minimum absolute atomic E-state index is 0.0623. The molecule has 0 saturated heterocycles. The first-order chi connectivity index (χ1) is 12.2. The van der Waals surface area contributed by atoms with E-state index in [0.717, 1.165) is 43.4 Å². The summed E-state index contributed by atoms with van der Waals surface area (Å²) in [5.74, 6) is 2.66. The summed E-state index contributed by atoms with van der Waals surface area (Å²) >= 11 is 0. The Kier molecular flexibility index (Phi) is 7.25. The standard InChI is InChI=1S/C23H40O2/c1-2-3-4-5-6-7-8-9-10-11-12-25-22(24)23-16-19-13-20(17-23)15-21(14-19)18-23/h19-21H,2-18H2,1H3.